The van der Waals surface area contributed by atoms with Crippen molar-refractivity contribution in [2.75, 3.05) is 6.61 Å². The Bertz CT molecular complexity index is 1270. The molecule has 0 unspecified atom stereocenters. The maximum atomic E-state index is 12.7. The average Bonchev–Trinajstić information content (AvgIpc) is 2.80. The number of esters is 1. The third-order valence-corrected chi connectivity index (χ3v) is 5.03. The van der Waals surface area contributed by atoms with Crippen LogP contribution in [0.4, 0.5) is 0 Å². The average molecular weight is 481 g/mol. The maximum absolute atomic E-state index is 12.7. The summed E-state index contributed by atoms with van der Waals surface area (Å²) in [5.74, 6) is 0.454. The van der Waals surface area contributed by atoms with Crippen LogP contribution in [0.25, 0.3) is 11.0 Å². The Morgan fingerprint density at radius 3 is 2.52 bits per heavy atom. The molecule has 7 heteroatoms. The molecular weight excluding hydrogens is 464 g/mol. The topological polar surface area (TPSA) is 75.0 Å². The molecular formula is C24H17BrO6. The van der Waals surface area contributed by atoms with Crippen LogP contribution >= 0.6 is 15.9 Å². The van der Waals surface area contributed by atoms with Gasteiger partial charge in [0, 0.05) is 6.07 Å². The summed E-state index contributed by atoms with van der Waals surface area (Å²) in [7, 11) is 0. The zero-order chi connectivity index (χ0) is 21.6. The van der Waals surface area contributed by atoms with Gasteiger partial charge in [0.25, 0.3) is 0 Å². The number of carbonyl (C=O) groups excluding carboxylic acids is 1. The molecule has 4 rings (SSSR count). The monoisotopic (exact) mass is 480 g/mol. The molecule has 0 amide bonds. The normalized spacial score (nSPS) is 10.6. The molecule has 0 spiro atoms. The van der Waals surface area contributed by atoms with Gasteiger partial charge in [-0.15, -0.1) is 0 Å². The summed E-state index contributed by atoms with van der Waals surface area (Å²) < 4.78 is 22.6. The number of halogens is 1. The molecule has 0 N–H and O–H groups in total. The van der Waals surface area contributed by atoms with Crippen molar-refractivity contribution < 1.29 is 23.4 Å². The molecule has 1 aromatic heterocycles. The minimum absolute atomic E-state index is 0.0672. The number of benzene rings is 3. The lowest BCUT2D eigenvalue weighted by Crippen LogP contribution is -2.14. The number of hydrogen-bond donors (Lipinski definition) is 0. The van der Waals surface area contributed by atoms with Gasteiger partial charge in [-0.1, -0.05) is 42.5 Å². The Hall–Kier alpha value is -3.58. The van der Waals surface area contributed by atoms with Crippen LogP contribution in [0.1, 0.15) is 5.56 Å². The van der Waals surface area contributed by atoms with Gasteiger partial charge in [0.15, 0.2) is 6.61 Å². The number of carbonyl (C=O) groups is 1. The van der Waals surface area contributed by atoms with E-state index >= 15 is 0 Å². The zero-order valence-electron chi connectivity index (χ0n) is 16.2. The number of ether oxygens (including phenoxy) is 3. The number of fused-ring (bicyclic) bond motifs is 1. The molecule has 0 aliphatic carbocycles. The molecule has 3 aromatic carbocycles. The van der Waals surface area contributed by atoms with Gasteiger partial charge in [-0.25, -0.2) is 4.79 Å². The highest BCUT2D eigenvalue weighted by molar-refractivity contribution is 9.10. The van der Waals surface area contributed by atoms with Crippen LogP contribution < -0.4 is 14.9 Å². The van der Waals surface area contributed by atoms with E-state index < -0.39 is 5.97 Å². The quantitative estimate of drug-likeness (QED) is 0.326. The molecule has 0 bridgehead atoms. The van der Waals surface area contributed by atoms with E-state index in [1.165, 1.54) is 6.26 Å². The van der Waals surface area contributed by atoms with Crippen molar-refractivity contribution in [2.24, 2.45) is 0 Å². The highest BCUT2D eigenvalue weighted by Gasteiger charge is 2.12. The second-order valence-electron chi connectivity index (χ2n) is 6.55. The van der Waals surface area contributed by atoms with Crippen LogP contribution in [0.15, 0.2) is 92.7 Å². The van der Waals surface area contributed by atoms with E-state index in [-0.39, 0.29) is 24.4 Å². The lowest BCUT2D eigenvalue weighted by Gasteiger charge is -2.09. The first-order valence-electron chi connectivity index (χ1n) is 9.40. The SMILES string of the molecule is O=C(COc1ccc2c(=O)c(Oc3ccccc3Br)coc2c1)OCc1ccccc1. The van der Waals surface area contributed by atoms with Crippen molar-refractivity contribution in [3.05, 3.63) is 99.3 Å². The lowest BCUT2D eigenvalue weighted by molar-refractivity contribution is -0.147. The minimum atomic E-state index is -0.498. The standard InChI is InChI=1S/C24H17BrO6/c25-19-8-4-5-9-20(19)31-22-14-29-21-12-17(10-11-18(21)24(22)27)28-15-23(26)30-13-16-6-2-1-3-7-16/h1-12,14H,13,15H2. The number of rotatable bonds is 7. The van der Waals surface area contributed by atoms with E-state index in [0.717, 1.165) is 10.0 Å². The number of hydrogen-bond acceptors (Lipinski definition) is 6. The molecule has 1 heterocycles. The minimum Gasteiger partial charge on any atom is -0.482 e. The van der Waals surface area contributed by atoms with Gasteiger partial charge in [0.05, 0.1) is 9.86 Å². The van der Waals surface area contributed by atoms with Gasteiger partial charge in [-0.2, -0.15) is 0 Å². The lowest BCUT2D eigenvalue weighted by atomic mass is 10.2. The van der Waals surface area contributed by atoms with Crippen LogP contribution in [0.2, 0.25) is 0 Å². The summed E-state index contributed by atoms with van der Waals surface area (Å²) in [6, 6.07) is 21.3. The van der Waals surface area contributed by atoms with Crippen molar-refractivity contribution >= 4 is 32.9 Å². The summed E-state index contributed by atoms with van der Waals surface area (Å²) in [6.45, 7) is -0.0816. The Labute approximate surface area is 186 Å². The molecule has 0 aliphatic heterocycles. The van der Waals surface area contributed by atoms with E-state index in [9.17, 15) is 9.59 Å². The maximum Gasteiger partial charge on any atom is 0.344 e. The van der Waals surface area contributed by atoms with E-state index in [0.29, 0.717) is 22.5 Å². The summed E-state index contributed by atoms with van der Waals surface area (Å²) in [5, 5.41) is 0.337. The molecule has 0 saturated heterocycles. The number of para-hydroxylation sites is 1. The first kappa shape index (κ1) is 20.7. The Balaban J connectivity index is 1.42. The van der Waals surface area contributed by atoms with E-state index in [4.69, 9.17) is 18.6 Å². The molecule has 4 aromatic rings. The van der Waals surface area contributed by atoms with Gasteiger partial charge >= 0.3 is 5.97 Å². The molecule has 0 fully saturated rings. The van der Waals surface area contributed by atoms with Crippen LogP contribution in [0.3, 0.4) is 0 Å². The summed E-state index contributed by atoms with van der Waals surface area (Å²) >= 11 is 3.38. The van der Waals surface area contributed by atoms with Crippen LogP contribution in [0, 0.1) is 0 Å². The van der Waals surface area contributed by atoms with Gasteiger partial charge in [0.2, 0.25) is 11.2 Å². The van der Waals surface area contributed by atoms with Gasteiger partial charge in [-0.3, -0.25) is 4.79 Å². The van der Waals surface area contributed by atoms with E-state index in [2.05, 4.69) is 15.9 Å². The summed E-state index contributed by atoms with van der Waals surface area (Å²) in [5.41, 5.74) is 0.898. The van der Waals surface area contributed by atoms with Crippen molar-refractivity contribution in [3.8, 4) is 17.2 Å². The smallest absolute Gasteiger partial charge is 0.344 e. The van der Waals surface area contributed by atoms with Gasteiger partial charge < -0.3 is 18.6 Å². The Kier molecular flexibility index (Phi) is 6.33. The summed E-state index contributed by atoms with van der Waals surface area (Å²) in [4.78, 5) is 24.6. The molecule has 0 aliphatic rings. The van der Waals surface area contributed by atoms with Crippen LogP contribution in [-0.4, -0.2) is 12.6 Å². The molecule has 0 atom stereocenters. The molecule has 31 heavy (non-hydrogen) atoms. The first-order chi connectivity index (χ1) is 15.1. The molecule has 0 saturated carbocycles. The molecule has 6 nitrogen and oxygen atoms in total. The van der Waals surface area contributed by atoms with Crippen molar-refractivity contribution in [3.63, 3.8) is 0 Å². The van der Waals surface area contributed by atoms with E-state index in [1.807, 2.05) is 42.5 Å². The fraction of sp³-hybridized carbons (Fsp3) is 0.0833. The second-order valence-corrected chi connectivity index (χ2v) is 7.41. The third kappa shape index (κ3) is 5.13. The highest BCUT2D eigenvalue weighted by atomic mass is 79.9. The van der Waals surface area contributed by atoms with E-state index in [1.54, 1.807) is 30.3 Å². The third-order valence-electron chi connectivity index (χ3n) is 4.37. The second kappa shape index (κ2) is 9.49. The first-order valence-corrected chi connectivity index (χ1v) is 10.2. The predicted molar refractivity (Wildman–Crippen MR) is 118 cm³/mol. The van der Waals surface area contributed by atoms with Crippen LogP contribution in [-0.2, 0) is 16.1 Å². The van der Waals surface area contributed by atoms with Crippen LogP contribution in [0.5, 0.6) is 17.2 Å². The largest absolute Gasteiger partial charge is 0.482 e. The zero-order valence-corrected chi connectivity index (χ0v) is 17.8. The highest BCUT2D eigenvalue weighted by Crippen LogP contribution is 2.29. The fourth-order valence-corrected chi connectivity index (χ4v) is 3.18. The van der Waals surface area contributed by atoms with Crippen molar-refractivity contribution in [1.29, 1.82) is 0 Å². The van der Waals surface area contributed by atoms with Crippen molar-refractivity contribution in [1.82, 2.24) is 0 Å². The van der Waals surface area contributed by atoms with Gasteiger partial charge in [0.1, 0.15) is 30.0 Å². The van der Waals surface area contributed by atoms with Crippen molar-refractivity contribution in [2.45, 2.75) is 6.61 Å². The Morgan fingerprint density at radius 2 is 1.71 bits per heavy atom. The predicted octanol–water partition coefficient (Wildman–Crippen LogP) is 5.47. The summed E-state index contributed by atoms with van der Waals surface area (Å²) in [6.07, 6.45) is 1.25. The van der Waals surface area contributed by atoms with Gasteiger partial charge in [-0.05, 0) is 45.8 Å². The fourth-order valence-electron chi connectivity index (χ4n) is 2.82. The molecule has 0 radical (unpaired) electrons. The molecule has 156 valence electrons. The Morgan fingerprint density at radius 1 is 0.935 bits per heavy atom.